The molecule has 0 fully saturated rings. The van der Waals surface area contributed by atoms with E-state index < -0.39 is 0 Å². The summed E-state index contributed by atoms with van der Waals surface area (Å²) in [6, 6.07) is 2.36. The highest BCUT2D eigenvalue weighted by atomic mass is 32.2. The first kappa shape index (κ1) is 13.5. The van der Waals surface area contributed by atoms with Crippen LogP contribution in [0.4, 0.5) is 0 Å². The van der Waals surface area contributed by atoms with E-state index in [0.29, 0.717) is 0 Å². The van der Waals surface area contributed by atoms with Gasteiger partial charge in [0.1, 0.15) is 0 Å². The van der Waals surface area contributed by atoms with Gasteiger partial charge < -0.3 is 10.5 Å². The van der Waals surface area contributed by atoms with Crippen LogP contribution in [0.25, 0.3) is 0 Å². The molecule has 2 N–H and O–H groups in total. The lowest BCUT2D eigenvalue weighted by Crippen LogP contribution is -2.17. The lowest BCUT2D eigenvalue weighted by atomic mass is 10.1. The van der Waals surface area contributed by atoms with Crippen LogP contribution in [0.3, 0.4) is 0 Å². The van der Waals surface area contributed by atoms with Crippen LogP contribution in [-0.4, -0.2) is 30.5 Å². The summed E-state index contributed by atoms with van der Waals surface area (Å²) in [6.45, 7) is 4.86. The Morgan fingerprint density at radius 3 is 2.88 bits per heavy atom. The predicted octanol–water partition coefficient (Wildman–Crippen LogP) is 2.02. The zero-order valence-electron chi connectivity index (χ0n) is 10.2. The molecule has 0 aliphatic heterocycles. The van der Waals surface area contributed by atoms with Crippen molar-refractivity contribution in [1.29, 1.82) is 0 Å². The number of nitrogens with two attached hydrogens (primary N) is 1. The quantitative estimate of drug-likeness (QED) is 0.610. The highest BCUT2D eigenvalue weighted by Crippen LogP contribution is 2.20. The van der Waals surface area contributed by atoms with Gasteiger partial charge >= 0.3 is 0 Å². The van der Waals surface area contributed by atoms with Crippen LogP contribution < -0.4 is 5.73 Å². The van der Waals surface area contributed by atoms with Gasteiger partial charge in [0.2, 0.25) is 0 Å². The van der Waals surface area contributed by atoms with E-state index in [0.717, 1.165) is 23.8 Å². The largest absolute Gasteiger partial charge is 0.384 e. The third-order valence-electron chi connectivity index (χ3n) is 2.17. The SMILES string of the molecule is COCCSc1ncc(CC(C)N)cc1C. The van der Waals surface area contributed by atoms with Crippen molar-refractivity contribution in [3.8, 4) is 0 Å². The minimum atomic E-state index is 0.188. The molecule has 1 unspecified atom stereocenters. The van der Waals surface area contributed by atoms with Crippen LogP contribution in [0.2, 0.25) is 0 Å². The van der Waals surface area contributed by atoms with Crippen LogP contribution in [-0.2, 0) is 11.2 Å². The van der Waals surface area contributed by atoms with Crippen molar-refractivity contribution in [2.24, 2.45) is 5.73 Å². The van der Waals surface area contributed by atoms with Gasteiger partial charge in [-0.15, -0.1) is 11.8 Å². The Morgan fingerprint density at radius 1 is 1.56 bits per heavy atom. The molecule has 1 rings (SSSR count). The van der Waals surface area contributed by atoms with E-state index in [1.807, 2.05) is 13.1 Å². The maximum Gasteiger partial charge on any atom is 0.0990 e. The number of rotatable bonds is 6. The Balaban J connectivity index is 2.60. The van der Waals surface area contributed by atoms with E-state index >= 15 is 0 Å². The molecule has 1 heterocycles. The zero-order valence-corrected chi connectivity index (χ0v) is 11.0. The fourth-order valence-corrected chi connectivity index (χ4v) is 2.33. The number of pyridine rings is 1. The van der Waals surface area contributed by atoms with Crippen molar-refractivity contribution in [3.05, 3.63) is 23.4 Å². The third kappa shape index (κ3) is 4.51. The van der Waals surface area contributed by atoms with Gasteiger partial charge in [-0.25, -0.2) is 4.98 Å². The van der Waals surface area contributed by atoms with Crippen LogP contribution in [0.1, 0.15) is 18.1 Å². The predicted molar refractivity (Wildman–Crippen MR) is 68.9 cm³/mol. The normalized spacial score (nSPS) is 12.8. The number of nitrogens with zero attached hydrogens (tertiary/aromatic N) is 1. The standard InChI is InChI=1S/C12H20N2OS/c1-9-6-11(7-10(2)13)8-14-12(9)16-5-4-15-3/h6,8,10H,4-5,7,13H2,1-3H3. The first-order chi connectivity index (χ1) is 7.63. The number of thioether (sulfide) groups is 1. The summed E-state index contributed by atoms with van der Waals surface area (Å²) in [7, 11) is 1.71. The second kappa shape index (κ2) is 6.89. The molecule has 4 heteroatoms. The van der Waals surface area contributed by atoms with Gasteiger partial charge in [0.05, 0.1) is 11.6 Å². The lowest BCUT2D eigenvalue weighted by molar-refractivity contribution is 0.218. The Morgan fingerprint density at radius 2 is 2.31 bits per heavy atom. The van der Waals surface area contributed by atoms with E-state index in [1.54, 1.807) is 18.9 Å². The molecule has 1 atom stereocenters. The van der Waals surface area contributed by atoms with Crippen LogP contribution in [0.5, 0.6) is 0 Å². The van der Waals surface area contributed by atoms with Crippen molar-refractivity contribution in [2.45, 2.75) is 31.3 Å². The molecule has 0 radical (unpaired) electrons. The summed E-state index contributed by atoms with van der Waals surface area (Å²) in [5.41, 5.74) is 8.19. The molecular formula is C12H20N2OS. The average molecular weight is 240 g/mol. The van der Waals surface area contributed by atoms with Gasteiger partial charge in [-0.3, -0.25) is 0 Å². The van der Waals surface area contributed by atoms with Crippen molar-refractivity contribution in [2.75, 3.05) is 19.5 Å². The second-order valence-corrected chi connectivity index (χ2v) is 5.07. The molecule has 90 valence electrons. The summed E-state index contributed by atoms with van der Waals surface area (Å²) >= 11 is 1.73. The molecule has 0 saturated carbocycles. The molecule has 0 aliphatic carbocycles. The minimum absolute atomic E-state index is 0.188. The molecule has 0 aromatic carbocycles. The molecule has 0 aliphatic rings. The van der Waals surface area contributed by atoms with Crippen molar-refractivity contribution < 1.29 is 4.74 Å². The molecule has 0 amide bonds. The number of ether oxygens (including phenoxy) is 1. The van der Waals surface area contributed by atoms with Crippen molar-refractivity contribution in [3.63, 3.8) is 0 Å². The maximum absolute atomic E-state index is 5.76. The van der Waals surface area contributed by atoms with E-state index in [1.165, 1.54) is 11.1 Å². The zero-order chi connectivity index (χ0) is 12.0. The fourth-order valence-electron chi connectivity index (χ4n) is 1.48. The topological polar surface area (TPSA) is 48.1 Å². The first-order valence-electron chi connectivity index (χ1n) is 5.46. The minimum Gasteiger partial charge on any atom is -0.384 e. The fraction of sp³-hybridized carbons (Fsp3) is 0.583. The van der Waals surface area contributed by atoms with Crippen molar-refractivity contribution in [1.82, 2.24) is 4.98 Å². The summed E-state index contributed by atoms with van der Waals surface area (Å²) in [6.07, 6.45) is 2.81. The highest BCUT2D eigenvalue weighted by Gasteiger charge is 2.04. The van der Waals surface area contributed by atoms with Gasteiger partial charge in [0.25, 0.3) is 0 Å². The molecule has 0 saturated heterocycles. The van der Waals surface area contributed by atoms with E-state index in [-0.39, 0.29) is 6.04 Å². The molecule has 0 spiro atoms. The summed E-state index contributed by atoms with van der Waals surface area (Å²) in [5, 5.41) is 1.09. The monoisotopic (exact) mass is 240 g/mol. The average Bonchev–Trinajstić information content (AvgIpc) is 2.20. The molecule has 16 heavy (non-hydrogen) atoms. The van der Waals surface area contributed by atoms with E-state index in [9.17, 15) is 0 Å². The Kier molecular flexibility index (Phi) is 5.80. The highest BCUT2D eigenvalue weighted by molar-refractivity contribution is 7.99. The molecule has 0 bridgehead atoms. The van der Waals surface area contributed by atoms with Gasteiger partial charge in [-0.1, -0.05) is 6.07 Å². The summed E-state index contributed by atoms with van der Waals surface area (Å²) < 4.78 is 5.01. The number of methoxy groups -OCH3 is 1. The summed E-state index contributed by atoms with van der Waals surface area (Å²) in [5.74, 6) is 0.941. The van der Waals surface area contributed by atoms with Gasteiger partial charge in [0.15, 0.2) is 0 Å². The molecular weight excluding hydrogens is 220 g/mol. The number of aromatic nitrogens is 1. The third-order valence-corrected chi connectivity index (χ3v) is 3.24. The van der Waals surface area contributed by atoms with Gasteiger partial charge in [-0.2, -0.15) is 0 Å². The molecule has 1 aromatic rings. The Labute approximate surface area is 102 Å². The maximum atomic E-state index is 5.76. The van der Waals surface area contributed by atoms with Crippen molar-refractivity contribution >= 4 is 11.8 Å². The van der Waals surface area contributed by atoms with Crippen LogP contribution in [0.15, 0.2) is 17.3 Å². The lowest BCUT2D eigenvalue weighted by Gasteiger charge is -2.08. The number of hydrogen-bond acceptors (Lipinski definition) is 4. The Hall–Kier alpha value is -0.580. The van der Waals surface area contributed by atoms with Crippen LogP contribution in [0, 0.1) is 6.92 Å². The van der Waals surface area contributed by atoms with E-state index in [4.69, 9.17) is 10.5 Å². The van der Waals surface area contributed by atoms with E-state index in [2.05, 4.69) is 18.0 Å². The summed E-state index contributed by atoms with van der Waals surface area (Å²) in [4.78, 5) is 4.45. The van der Waals surface area contributed by atoms with Gasteiger partial charge in [0, 0.05) is 25.1 Å². The number of hydrogen-bond donors (Lipinski definition) is 1. The Bertz CT molecular complexity index is 329. The second-order valence-electron chi connectivity index (χ2n) is 3.99. The first-order valence-corrected chi connectivity index (χ1v) is 6.45. The van der Waals surface area contributed by atoms with Crippen LogP contribution >= 0.6 is 11.8 Å². The molecule has 1 aromatic heterocycles. The van der Waals surface area contributed by atoms with Gasteiger partial charge in [-0.05, 0) is 31.4 Å². The smallest absolute Gasteiger partial charge is 0.0990 e. The molecule has 3 nitrogen and oxygen atoms in total. The number of aryl methyl sites for hydroxylation is 1.